The van der Waals surface area contributed by atoms with Gasteiger partial charge in [-0.3, -0.25) is 0 Å². The first-order valence-corrected chi connectivity index (χ1v) is 7.74. The second-order valence-corrected chi connectivity index (χ2v) is 6.39. The zero-order chi connectivity index (χ0) is 13.8. The third kappa shape index (κ3) is 4.06. The Labute approximate surface area is 125 Å². The predicted octanol–water partition coefficient (Wildman–Crippen LogP) is 4.69. The van der Waals surface area contributed by atoms with Crippen LogP contribution in [0.15, 0.2) is 51.8 Å². The van der Waals surface area contributed by atoms with Crippen molar-refractivity contribution < 1.29 is 4.39 Å². The first kappa shape index (κ1) is 14.6. The van der Waals surface area contributed by atoms with E-state index in [0.717, 1.165) is 20.7 Å². The molecule has 2 rings (SSSR count). The van der Waals surface area contributed by atoms with E-state index in [-0.39, 0.29) is 11.9 Å². The number of thioether (sulfide) groups is 1. The van der Waals surface area contributed by atoms with Crippen molar-refractivity contribution in [3.63, 3.8) is 0 Å². The maximum Gasteiger partial charge on any atom is 0.126 e. The van der Waals surface area contributed by atoms with Crippen LogP contribution in [0.3, 0.4) is 0 Å². The Bertz CT molecular complexity index is 557. The second kappa shape index (κ2) is 6.55. The predicted molar refractivity (Wildman–Crippen MR) is 82.9 cm³/mol. The van der Waals surface area contributed by atoms with Crippen molar-refractivity contribution in [2.75, 3.05) is 5.75 Å². The van der Waals surface area contributed by atoms with E-state index < -0.39 is 0 Å². The summed E-state index contributed by atoms with van der Waals surface area (Å²) in [5.74, 6) is 0.533. The van der Waals surface area contributed by atoms with Crippen LogP contribution >= 0.6 is 27.7 Å². The van der Waals surface area contributed by atoms with Gasteiger partial charge in [0.2, 0.25) is 0 Å². The van der Waals surface area contributed by atoms with Crippen molar-refractivity contribution >= 4 is 27.7 Å². The molecule has 1 unspecified atom stereocenters. The molecule has 0 radical (unpaired) electrons. The van der Waals surface area contributed by atoms with Crippen LogP contribution in [0.4, 0.5) is 4.39 Å². The summed E-state index contributed by atoms with van der Waals surface area (Å²) in [4.78, 5) is 1.16. The number of hydrogen-bond donors (Lipinski definition) is 1. The molecule has 4 heteroatoms. The standard InChI is InChI=1S/C15H15BrFNS/c1-10-2-3-11(8-14(10)17)15(18)9-19-13-6-4-12(16)5-7-13/h2-8,15H,9,18H2,1H3. The lowest BCUT2D eigenvalue weighted by Crippen LogP contribution is -2.13. The van der Waals surface area contributed by atoms with Crippen molar-refractivity contribution in [1.29, 1.82) is 0 Å². The van der Waals surface area contributed by atoms with Gasteiger partial charge >= 0.3 is 0 Å². The summed E-state index contributed by atoms with van der Waals surface area (Å²) < 4.78 is 14.5. The summed E-state index contributed by atoms with van der Waals surface area (Å²) in [7, 11) is 0. The number of halogens is 2. The Balaban J connectivity index is 1.98. The molecule has 1 atom stereocenters. The van der Waals surface area contributed by atoms with Crippen molar-refractivity contribution in [3.8, 4) is 0 Å². The average molecular weight is 340 g/mol. The summed E-state index contributed by atoms with van der Waals surface area (Å²) in [6.07, 6.45) is 0. The smallest absolute Gasteiger partial charge is 0.126 e. The Kier molecular flexibility index (Phi) is 5.02. The molecule has 0 bridgehead atoms. The monoisotopic (exact) mass is 339 g/mol. The van der Waals surface area contributed by atoms with Crippen molar-refractivity contribution in [1.82, 2.24) is 0 Å². The molecule has 0 aliphatic rings. The number of benzene rings is 2. The number of rotatable bonds is 4. The lowest BCUT2D eigenvalue weighted by molar-refractivity contribution is 0.613. The lowest BCUT2D eigenvalue weighted by Gasteiger charge is -2.12. The highest BCUT2D eigenvalue weighted by atomic mass is 79.9. The van der Waals surface area contributed by atoms with Gasteiger partial charge in [0.1, 0.15) is 5.82 Å². The molecule has 0 saturated heterocycles. The second-order valence-electron chi connectivity index (χ2n) is 4.38. The number of hydrogen-bond acceptors (Lipinski definition) is 2. The Morgan fingerprint density at radius 2 is 1.89 bits per heavy atom. The maximum atomic E-state index is 13.5. The highest BCUT2D eigenvalue weighted by Crippen LogP contribution is 2.25. The molecule has 2 N–H and O–H groups in total. The van der Waals surface area contributed by atoms with Gasteiger partial charge in [-0.1, -0.05) is 28.1 Å². The molecule has 0 aliphatic carbocycles. The molecule has 0 aromatic heterocycles. The lowest BCUT2D eigenvalue weighted by atomic mass is 10.1. The van der Waals surface area contributed by atoms with Crippen molar-refractivity contribution in [2.45, 2.75) is 17.9 Å². The van der Waals surface area contributed by atoms with E-state index in [1.165, 1.54) is 6.07 Å². The highest BCUT2D eigenvalue weighted by molar-refractivity contribution is 9.10. The van der Waals surface area contributed by atoms with Crippen LogP contribution in [0.1, 0.15) is 17.2 Å². The fourth-order valence-corrected chi connectivity index (χ4v) is 2.81. The number of aryl methyl sites for hydroxylation is 1. The SMILES string of the molecule is Cc1ccc(C(N)CSc2ccc(Br)cc2)cc1F. The molecule has 19 heavy (non-hydrogen) atoms. The van der Waals surface area contributed by atoms with E-state index in [1.807, 2.05) is 30.3 Å². The number of nitrogens with two attached hydrogens (primary N) is 1. The van der Waals surface area contributed by atoms with Crippen LogP contribution in [-0.4, -0.2) is 5.75 Å². The maximum absolute atomic E-state index is 13.5. The van der Waals surface area contributed by atoms with Gasteiger partial charge < -0.3 is 5.73 Å². The molecular weight excluding hydrogens is 325 g/mol. The van der Waals surface area contributed by atoms with E-state index >= 15 is 0 Å². The van der Waals surface area contributed by atoms with E-state index in [4.69, 9.17) is 5.73 Å². The van der Waals surface area contributed by atoms with E-state index in [2.05, 4.69) is 15.9 Å². The van der Waals surface area contributed by atoms with Crippen LogP contribution < -0.4 is 5.73 Å². The van der Waals surface area contributed by atoms with Gasteiger partial charge in [0.05, 0.1) is 0 Å². The molecule has 2 aromatic rings. The molecule has 0 saturated carbocycles. The summed E-state index contributed by atoms with van der Waals surface area (Å²) >= 11 is 5.08. The minimum Gasteiger partial charge on any atom is -0.323 e. The summed E-state index contributed by atoms with van der Waals surface area (Å²) in [5.41, 5.74) is 7.58. The highest BCUT2D eigenvalue weighted by Gasteiger charge is 2.09. The minimum atomic E-state index is -0.193. The molecule has 0 amide bonds. The van der Waals surface area contributed by atoms with E-state index in [9.17, 15) is 4.39 Å². The fraction of sp³-hybridized carbons (Fsp3) is 0.200. The largest absolute Gasteiger partial charge is 0.323 e. The van der Waals surface area contributed by atoms with Gasteiger partial charge in [0, 0.05) is 21.2 Å². The summed E-state index contributed by atoms with van der Waals surface area (Å²) in [5, 5.41) is 0. The molecule has 100 valence electrons. The van der Waals surface area contributed by atoms with Crippen molar-refractivity contribution in [2.24, 2.45) is 5.73 Å². The molecule has 2 aromatic carbocycles. The van der Waals surface area contributed by atoms with Crippen LogP contribution in [0, 0.1) is 12.7 Å². The molecule has 0 aliphatic heterocycles. The topological polar surface area (TPSA) is 26.0 Å². The molecule has 1 nitrogen and oxygen atoms in total. The molecular formula is C15H15BrFNS. The minimum absolute atomic E-state index is 0.163. The summed E-state index contributed by atoms with van der Waals surface area (Å²) in [6, 6.07) is 13.1. The van der Waals surface area contributed by atoms with Crippen LogP contribution in [0.5, 0.6) is 0 Å². The third-order valence-electron chi connectivity index (χ3n) is 2.87. The van der Waals surface area contributed by atoms with E-state index in [1.54, 1.807) is 24.8 Å². The Morgan fingerprint density at radius 1 is 1.21 bits per heavy atom. The summed E-state index contributed by atoms with van der Waals surface area (Å²) in [6.45, 7) is 1.75. The van der Waals surface area contributed by atoms with Gasteiger partial charge in [-0.2, -0.15) is 0 Å². The van der Waals surface area contributed by atoms with Crippen LogP contribution in [0.2, 0.25) is 0 Å². The Hall–Kier alpha value is -0.840. The quantitative estimate of drug-likeness (QED) is 0.817. The molecule has 0 heterocycles. The van der Waals surface area contributed by atoms with E-state index in [0.29, 0.717) is 5.56 Å². The fourth-order valence-electron chi connectivity index (χ4n) is 1.65. The van der Waals surface area contributed by atoms with Crippen LogP contribution in [-0.2, 0) is 0 Å². The molecule has 0 fully saturated rings. The normalized spacial score (nSPS) is 12.4. The Morgan fingerprint density at radius 3 is 2.53 bits per heavy atom. The van der Waals surface area contributed by atoms with Gasteiger partial charge in [-0.25, -0.2) is 4.39 Å². The molecule has 0 spiro atoms. The van der Waals surface area contributed by atoms with Gasteiger partial charge in [-0.15, -0.1) is 11.8 Å². The average Bonchev–Trinajstić information content (AvgIpc) is 2.41. The van der Waals surface area contributed by atoms with Crippen molar-refractivity contribution in [3.05, 3.63) is 63.9 Å². The third-order valence-corrected chi connectivity index (χ3v) is 4.53. The van der Waals surface area contributed by atoms with Crippen LogP contribution in [0.25, 0.3) is 0 Å². The zero-order valence-corrected chi connectivity index (χ0v) is 13.0. The van der Waals surface area contributed by atoms with Gasteiger partial charge in [-0.05, 0) is 48.4 Å². The first-order valence-electron chi connectivity index (χ1n) is 5.96. The first-order chi connectivity index (χ1) is 9.06. The van der Waals surface area contributed by atoms with Gasteiger partial charge in [0.15, 0.2) is 0 Å². The zero-order valence-electron chi connectivity index (χ0n) is 10.6. The van der Waals surface area contributed by atoms with Gasteiger partial charge in [0.25, 0.3) is 0 Å².